The number of halogens is 3. The summed E-state index contributed by atoms with van der Waals surface area (Å²) in [6, 6.07) is 7.56. The number of rotatable bonds is 4. The molecule has 0 amide bonds. The van der Waals surface area contributed by atoms with Crippen LogP contribution in [-0.4, -0.2) is 21.3 Å². The van der Waals surface area contributed by atoms with E-state index in [0.717, 1.165) is 23.0 Å². The van der Waals surface area contributed by atoms with Gasteiger partial charge in [0, 0.05) is 25.0 Å². The Morgan fingerprint density at radius 2 is 1.96 bits per heavy atom. The smallest absolute Gasteiger partial charge is 0.159 e. The summed E-state index contributed by atoms with van der Waals surface area (Å²) in [4.78, 5) is 6.55. The molecule has 0 saturated heterocycles. The summed E-state index contributed by atoms with van der Waals surface area (Å²) in [6.45, 7) is 2.53. The highest BCUT2D eigenvalue weighted by Gasteiger charge is 2.15. The van der Waals surface area contributed by atoms with Crippen LogP contribution in [0.25, 0.3) is 5.65 Å². The third-order valence-corrected chi connectivity index (χ3v) is 4.19. The molecular weight excluding hydrogens is 320 g/mol. The maximum absolute atomic E-state index is 13.4. The van der Waals surface area contributed by atoms with Crippen LogP contribution in [-0.2, 0) is 6.54 Å². The molecule has 0 bridgehead atoms. The zero-order valence-corrected chi connectivity index (χ0v) is 13.6. The summed E-state index contributed by atoms with van der Waals surface area (Å²) in [7, 11) is 1.92. The lowest BCUT2D eigenvalue weighted by atomic mass is 10.1. The SMILES string of the molecule is C[C@H](c1ccc(F)c(F)c1)N(C)Cc1cn2cc(Cl)ccc2n1. The van der Waals surface area contributed by atoms with E-state index in [9.17, 15) is 8.78 Å². The van der Waals surface area contributed by atoms with Crippen LogP contribution in [0.4, 0.5) is 8.78 Å². The van der Waals surface area contributed by atoms with Crippen LogP contribution in [0.15, 0.2) is 42.7 Å². The highest BCUT2D eigenvalue weighted by Crippen LogP contribution is 2.22. The molecule has 2 heterocycles. The second kappa shape index (κ2) is 6.26. The molecule has 23 heavy (non-hydrogen) atoms. The minimum absolute atomic E-state index is 0.0708. The first-order valence-electron chi connectivity index (χ1n) is 7.22. The topological polar surface area (TPSA) is 20.5 Å². The van der Waals surface area contributed by atoms with Gasteiger partial charge in [-0.1, -0.05) is 17.7 Å². The van der Waals surface area contributed by atoms with Gasteiger partial charge in [-0.2, -0.15) is 0 Å². The molecule has 0 unspecified atom stereocenters. The maximum Gasteiger partial charge on any atom is 0.159 e. The van der Waals surface area contributed by atoms with Crippen molar-refractivity contribution in [1.82, 2.24) is 14.3 Å². The maximum atomic E-state index is 13.4. The normalized spacial score (nSPS) is 13.0. The van der Waals surface area contributed by atoms with Gasteiger partial charge in [0.15, 0.2) is 11.6 Å². The fraction of sp³-hybridized carbons (Fsp3) is 0.235. The molecule has 0 spiro atoms. The highest BCUT2D eigenvalue weighted by atomic mass is 35.5. The fourth-order valence-electron chi connectivity index (χ4n) is 2.51. The Balaban J connectivity index is 1.78. The average molecular weight is 336 g/mol. The molecule has 120 valence electrons. The first-order chi connectivity index (χ1) is 10.9. The predicted molar refractivity (Wildman–Crippen MR) is 86.4 cm³/mol. The number of hydrogen-bond acceptors (Lipinski definition) is 2. The van der Waals surface area contributed by atoms with E-state index in [-0.39, 0.29) is 6.04 Å². The van der Waals surface area contributed by atoms with Gasteiger partial charge in [0.25, 0.3) is 0 Å². The molecule has 1 aromatic carbocycles. The van der Waals surface area contributed by atoms with Crippen molar-refractivity contribution in [1.29, 1.82) is 0 Å². The summed E-state index contributed by atoms with van der Waals surface area (Å²) >= 11 is 5.97. The van der Waals surface area contributed by atoms with Crippen molar-refractivity contribution >= 4 is 17.2 Å². The van der Waals surface area contributed by atoms with Gasteiger partial charge in [-0.3, -0.25) is 4.90 Å². The Bertz CT molecular complexity index is 847. The molecule has 1 atom stereocenters. The average Bonchev–Trinajstić information content (AvgIpc) is 2.90. The second-order valence-electron chi connectivity index (χ2n) is 5.61. The number of aromatic nitrogens is 2. The van der Waals surface area contributed by atoms with Gasteiger partial charge in [-0.15, -0.1) is 0 Å². The van der Waals surface area contributed by atoms with E-state index in [1.165, 1.54) is 6.07 Å². The Labute approximate surface area is 138 Å². The number of fused-ring (bicyclic) bond motifs is 1. The van der Waals surface area contributed by atoms with E-state index in [2.05, 4.69) is 4.98 Å². The molecule has 0 N–H and O–H groups in total. The molecule has 3 aromatic rings. The van der Waals surface area contributed by atoms with Gasteiger partial charge in [0.1, 0.15) is 5.65 Å². The number of benzene rings is 1. The van der Waals surface area contributed by atoms with E-state index in [0.29, 0.717) is 11.6 Å². The van der Waals surface area contributed by atoms with Crippen LogP contribution in [0.3, 0.4) is 0 Å². The van der Waals surface area contributed by atoms with E-state index in [1.807, 2.05) is 35.5 Å². The zero-order chi connectivity index (χ0) is 16.6. The van der Waals surface area contributed by atoms with Crippen LogP contribution < -0.4 is 0 Å². The lowest BCUT2D eigenvalue weighted by Crippen LogP contribution is -2.22. The number of pyridine rings is 1. The van der Waals surface area contributed by atoms with E-state index < -0.39 is 11.6 Å². The molecule has 3 rings (SSSR count). The number of nitrogens with zero attached hydrogens (tertiary/aromatic N) is 3. The summed E-state index contributed by atoms with van der Waals surface area (Å²) in [5, 5.41) is 0.643. The predicted octanol–water partition coefficient (Wildman–Crippen LogP) is 4.46. The minimum atomic E-state index is -0.833. The van der Waals surface area contributed by atoms with Crippen molar-refractivity contribution in [2.45, 2.75) is 19.5 Å². The zero-order valence-electron chi connectivity index (χ0n) is 12.8. The van der Waals surface area contributed by atoms with Crippen molar-refractivity contribution in [3.05, 3.63) is 70.6 Å². The Hall–Kier alpha value is -1.98. The van der Waals surface area contributed by atoms with Gasteiger partial charge < -0.3 is 4.40 Å². The molecule has 0 saturated carbocycles. The largest absolute Gasteiger partial charge is 0.305 e. The molecule has 2 aromatic heterocycles. The summed E-state index contributed by atoms with van der Waals surface area (Å²) in [6.07, 6.45) is 3.71. The molecule has 0 aliphatic carbocycles. The van der Waals surface area contributed by atoms with Gasteiger partial charge in [0.05, 0.1) is 10.7 Å². The molecule has 0 fully saturated rings. The van der Waals surface area contributed by atoms with Crippen LogP contribution in [0.1, 0.15) is 24.2 Å². The summed E-state index contributed by atoms with van der Waals surface area (Å²) < 4.78 is 28.3. The third kappa shape index (κ3) is 3.35. The van der Waals surface area contributed by atoms with Crippen LogP contribution in [0.2, 0.25) is 5.02 Å². The van der Waals surface area contributed by atoms with Crippen molar-refractivity contribution in [2.24, 2.45) is 0 Å². The van der Waals surface area contributed by atoms with Crippen molar-refractivity contribution in [2.75, 3.05) is 7.05 Å². The summed E-state index contributed by atoms with van der Waals surface area (Å²) in [5.41, 5.74) is 2.42. The fourth-order valence-corrected chi connectivity index (χ4v) is 2.68. The second-order valence-corrected chi connectivity index (χ2v) is 6.05. The molecule has 6 heteroatoms. The van der Waals surface area contributed by atoms with Crippen molar-refractivity contribution in [3.8, 4) is 0 Å². The van der Waals surface area contributed by atoms with E-state index >= 15 is 0 Å². The lowest BCUT2D eigenvalue weighted by Gasteiger charge is -2.24. The first-order valence-corrected chi connectivity index (χ1v) is 7.60. The Kier molecular flexibility index (Phi) is 4.33. The lowest BCUT2D eigenvalue weighted by molar-refractivity contribution is 0.250. The van der Waals surface area contributed by atoms with Crippen molar-refractivity contribution < 1.29 is 8.78 Å². The highest BCUT2D eigenvalue weighted by molar-refractivity contribution is 6.30. The van der Waals surface area contributed by atoms with Gasteiger partial charge in [-0.25, -0.2) is 13.8 Å². The Morgan fingerprint density at radius 1 is 1.17 bits per heavy atom. The van der Waals surface area contributed by atoms with E-state index in [4.69, 9.17) is 11.6 Å². The first kappa shape index (κ1) is 15.9. The number of hydrogen-bond donors (Lipinski definition) is 0. The van der Waals surface area contributed by atoms with Crippen LogP contribution in [0.5, 0.6) is 0 Å². The summed E-state index contributed by atoms with van der Waals surface area (Å²) in [5.74, 6) is -1.66. The quantitative estimate of drug-likeness (QED) is 0.701. The number of imidazole rings is 1. The van der Waals surface area contributed by atoms with Crippen LogP contribution >= 0.6 is 11.6 Å². The molecule has 3 nitrogen and oxygen atoms in total. The molecular formula is C17H16ClF2N3. The van der Waals surface area contributed by atoms with Crippen molar-refractivity contribution in [3.63, 3.8) is 0 Å². The molecule has 0 radical (unpaired) electrons. The van der Waals surface area contributed by atoms with Crippen LogP contribution in [0, 0.1) is 11.6 Å². The van der Waals surface area contributed by atoms with Gasteiger partial charge in [-0.05, 0) is 43.8 Å². The molecule has 0 aliphatic rings. The van der Waals surface area contributed by atoms with Gasteiger partial charge in [0.2, 0.25) is 0 Å². The minimum Gasteiger partial charge on any atom is -0.305 e. The molecule has 0 aliphatic heterocycles. The third-order valence-electron chi connectivity index (χ3n) is 3.96. The Morgan fingerprint density at radius 3 is 2.70 bits per heavy atom. The standard InChI is InChI=1S/C17H16ClF2N3/c1-11(12-3-5-15(19)16(20)7-12)22(2)9-14-10-23-8-13(18)4-6-17(23)21-14/h3-8,10-11H,9H2,1-2H3/t11-/m1/s1. The van der Waals surface area contributed by atoms with Gasteiger partial charge >= 0.3 is 0 Å². The monoisotopic (exact) mass is 335 g/mol. The van der Waals surface area contributed by atoms with E-state index in [1.54, 1.807) is 18.3 Å².